The van der Waals surface area contributed by atoms with E-state index in [9.17, 15) is 9.36 Å². The summed E-state index contributed by atoms with van der Waals surface area (Å²) in [6.45, 7) is 1.72. The van der Waals surface area contributed by atoms with Gasteiger partial charge in [-0.25, -0.2) is 0 Å². The molecule has 1 unspecified atom stereocenters. The van der Waals surface area contributed by atoms with E-state index in [0.717, 1.165) is 5.06 Å². The Balaban J connectivity index is 2.26. The molecule has 1 aliphatic heterocycles. The van der Waals surface area contributed by atoms with Crippen LogP contribution in [0.1, 0.15) is 6.92 Å². The van der Waals surface area contributed by atoms with E-state index in [1.807, 2.05) is 0 Å². The summed E-state index contributed by atoms with van der Waals surface area (Å²) >= 11 is 0. The van der Waals surface area contributed by atoms with Crippen molar-refractivity contribution in [3.63, 3.8) is 0 Å². The zero-order chi connectivity index (χ0) is 10.8. The first-order chi connectivity index (χ1) is 6.40. The molecule has 0 saturated carbocycles. The van der Waals surface area contributed by atoms with E-state index in [-0.39, 0.29) is 25.2 Å². The zero-order valence-electron chi connectivity index (χ0n) is 7.62. The van der Waals surface area contributed by atoms with Gasteiger partial charge >= 0.3 is 7.60 Å². The summed E-state index contributed by atoms with van der Waals surface area (Å²) in [7, 11) is -4.17. The molecular formula is C6H12NO6P. The molecule has 1 fully saturated rings. The van der Waals surface area contributed by atoms with Crippen LogP contribution in [0.25, 0.3) is 0 Å². The predicted octanol–water partition coefficient (Wildman–Crippen LogP) is -0.494. The van der Waals surface area contributed by atoms with Gasteiger partial charge in [0.15, 0.2) is 6.35 Å². The second-order valence-corrected chi connectivity index (χ2v) is 4.63. The van der Waals surface area contributed by atoms with E-state index in [4.69, 9.17) is 14.6 Å². The summed E-state index contributed by atoms with van der Waals surface area (Å²) in [6, 6.07) is 0. The highest BCUT2D eigenvalue weighted by molar-refractivity contribution is 7.51. The molecule has 1 atom stereocenters. The Kier molecular flexibility index (Phi) is 3.63. The fourth-order valence-electron chi connectivity index (χ4n) is 0.926. The number of carbonyl (C=O) groups excluding carboxylic acids is 1. The highest BCUT2D eigenvalue weighted by Gasteiger charge is 2.29. The molecular weight excluding hydrogens is 213 g/mol. The predicted molar refractivity (Wildman–Crippen MR) is 44.8 cm³/mol. The quantitative estimate of drug-likeness (QED) is 0.626. The van der Waals surface area contributed by atoms with Gasteiger partial charge in [-0.15, -0.1) is 0 Å². The van der Waals surface area contributed by atoms with E-state index < -0.39 is 13.9 Å². The van der Waals surface area contributed by atoms with Crippen LogP contribution in [0.5, 0.6) is 0 Å². The van der Waals surface area contributed by atoms with Crippen LogP contribution in [0.15, 0.2) is 0 Å². The van der Waals surface area contributed by atoms with Crippen molar-refractivity contribution in [2.24, 2.45) is 5.92 Å². The third-order valence-electron chi connectivity index (χ3n) is 1.62. The SMILES string of the molecule is CC1CON(COCP(=O)(O)O)C1=O. The van der Waals surface area contributed by atoms with Gasteiger partial charge in [0.05, 0.1) is 12.5 Å². The summed E-state index contributed by atoms with van der Waals surface area (Å²) in [5.74, 6) is -0.468. The average Bonchev–Trinajstić information content (AvgIpc) is 2.33. The molecule has 0 radical (unpaired) electrons. The van der Waals surface area contributed by atoms with Crippen LogP contribution < -0.4 is 0 Å². The van der Waals surface area contributed by atoms with Crippen molar-refractivity contribution in [1.82, 2.24) is 5.06 Å². The average molecular weight is 225 g/mol. The lowest BCUT2D eigenvalue weighted by atomic mass is 10.2. The lowest BCUT2D eigenvalue weighted by Crippen LogP contribution is -2.28. The normalized spacial score (nSPS) is 23.2. The van der Waals surface area contributed by atoms with Crippen LogP contribution in [-0.2, 0) is 18.9 Å². The van der Waals surface area contributed by atoms with Crippen molar-refractivity contribution in [3.05, 3.63) is 0 Å². The molecule has 7 nitrogen and oxygen atoms in total. The smallest absolute Gasteiger partial charge is 0.346 e. The maximum Gasteiger partial charge on any atom is 0.351 e. The lowest BCUT2D eigenvalue weighted by Gasteiger charge is -2.14. The number of carbonyl (C=O) groups is 1. The second kappa shape index (κ2) is 4.37. The van der Waals surface area contributed by atoms with Gasteiger partial charge in [0.1, 0.15) is 6.73 Å². The monoisotopic (exact) mass is 225 g/mol. The van der Waals surface area contributed by atoms with E-state index >= 15 is 0 Å². The zero-order valence-corrected chi connectivity index (χ0v) is 8.51. The molecule has 14 heavy (non-hydrogen) atoms. The Morgan fingerprint density at radius 2 is 2.36 bits per heavy atom. The molecule has 1 rings (SSSR count). The van der Waals surface area contributed by atoms with E-state index in [1.165, 1.54) is 0 Å². The molecule has 1 saturated heterocycles. The Morgan fingerprint density at radius 3 is 2.79 bits per heavy atom. The van der Waals surface area contributed by atoms with Crippen LogP contribution >= 0.6 is 7.60 Å². The van der Waals surface area contributed by atoms with E-state index in [1.54, 1.807) is 6.92 Å². The maximum absolute atomic E-state index is 11.2. The Hall–Kier alpha value is -0.460. The number of rotatable bonds is 4. The van der Waals surface area contributed by atoms with Crippen LogP contribution in [0.3, 0.4) is 0 Å². The molecule has 1 amide bonds. The lowest BCUT2D eigenvalue weighted by molar-refractivity contribution is -0.185. The summed E-state index contributed by atoms with van der Waals surface area (Å²) in [5.41, 5.74) is 0. The molecule has 0 aliphatic carbocycles. The molecule has 8 heteroatoms. The van der Waals surface area contributed by atoms with Gasteiger partial charge in [-0.2, -0.15) is 5.06 Å². The van der Waals surface area contributed by atoms with Gasteiger partial charge < -0.3 is 14.5 Å². The fourth-order valence-corrected chi connectivity index (χ4v) is 1.25. The van der Waals surface area contributed by atoms with Gasteiger partial charge in [-0.05, 0) is 0 Å². The van der Waals surface area contributed by atoms with Crippen molar-refractivity contribution in [2.45, 2.75) is 6.92 Å². The minimum atomic E-state index is -4.17. The summed E-state index contributed by atoms with van der Waals surface area (Å²) in [6.07, 6.45) is -0.714. The molecule has 0 aromatic rings. The number of hydrogen-bond acceptors (Lipinski definition) is 4. The second-order valence-electron chi connectivity index (χ2n) is 3.04. The Bertz CT molecular complexity index is 263. The van der Waals surface area contributed by atoms with Crippen molar-refractivity contribution < 1.29 is 28.7 Å². The first kappa shape index (κ1) is 11.6. The first-order valence-corrected chi connectivity index (χ1v) is 5.76. The Morgan fingerprint density at radius 1 is 1.71 bits per heavy atom. The van der Waals surface area contributed by atoms with Gasteiger partial charge in [0.2, 0.25) is 0 Å². The van der Waals surface area contributed by atoms with Crippen LogP contribution in [0.2, 0.25) is 0 Å². The molecule has 82 valence electrons. The number of ether oxygens (including phenoxy) is 1. The maximum atomic E-state index is 11.2. The van der Waals surface area contributed by atoms with Crippen molar-refractivity contribution in [3.8, 4) is 0 Å². The number of hydrogen-bond donors (Lipinski definition) is 2. The molecule has 0 aromatic heterocycles. The summed E-state index contributed by atoms with van der Waals surface area (Å²) in [4.78, 5) is 33.0. The van der Waals surface area contributed by atoms with Gasteiger partial charge in [0, 0.05) is 0 Å². The molecule has 1 heterocycles. The van der Waals surface area contributed by atoms with Gasteiger partial charge in [-0.1, -0.05) is 6.92 Å². The van der Waals surface area contributed by atoms with Gasteiger partial charge in [0.25, 0.3) is 5.91 Å². The molecule has 0 spiro atoms. The highest BCUT2D eigenvalue weighted by atomic mass is 31.2. The molecule has 1 aliphatic rings. The summed E-state index contributed by atoms with van der Waals surface area (Å²) < 4.78 is 15.0. The number of nitrogens with zero attached hydrogens (tertiary/aromatic N) is 1. The molecule has 2 N–H and O–H groups in total. The summed E-state index contributed by atoms with van der Waals surface area (Å²) in [5, 5.41) is 0.959. The third kappa shape index (κ3) is 3.36. The first-order valence-electron chi connectivity index (χ1n) is 3.97. The third-order valence-corrected chi connectivity index (χ3v) is 2.13. The van der Waals surface area contributed by atoms with Crippen LogP contribution in [-0.4, -0.2) is 40.4 Å². The van der Waals surface area contributed by atoms with Crippen LogP contribution in [0.4, 0.5) is 0 Å². The highest BCUT2D eigenvalue weighted by Crippen LogP contribution is 2.33. The minimum absolute atomic E-state index is 0.228. The van der Waals surface area contributed by atoms with Crippen molar-refractivity contribution >= 4 is 13.5 Å². The molecule has 0 bridgehead atoms. The molecule has 0 aromatic carbocycles. The topological polar surface area (TPSA) is 96.3 Å². The number of hydroxylamine groups is 2. The van der Waals surface area contributed by atoms with Crippen molar-refractivity contribution in [1.29, 1.82) is 0 Å². The number of amides is 1. The largest absolute Gasteiger partial charge is 0.351 e. The Labute approximate surface area is 80.7 Å². The van der Waals surface area contributed by atoms with E-state index in [2.05, 4.69) is 4.74 Å². The van der Waals surface area contributed by atoms with Crippen molar-refractivity contribution in [2.75, 3.05) is 19.7 Å². The fraction of sp³-hybridized carbons (Fsp3) is 0.833. The minimum Gasteiger partial charge on any atom is -0.346 e. The standard InChI is InChI=1S/C6H12NO6P/c1-5-2-13-7(6(5)8)3-12-4-14(9,10)11/h5H,2-4H2,1H3,(H2,9,10,11). The van der Waals surface area contributed by atoms with Gasteiger partial charge in [-0.3, -0.25) is 14.2 Å². The van der Waals surface area contributed by atoms with Crippen LogP contribution in [0, 0.1) is 5.92 Å². The van der Waals surface area contributed by atoms with E-state index in [0.29, 0.717) is 0 Å².